The summed E-state index contributed by atoms with van der Waals surface area (Å²) in [5.74, 6) is 0.442. The molecule has 0 saturated heterocycles. The smallest absolute Gasteiger partial charge is 0.274 e. The van der Waals surface area contributed by atoms with E-state index in [2.05, 4.69) is 33.3 Å². The number of aryl methyl sites for hydroxylation is 1. The third-order valence-electron chi connectivity index (χ3n) is 2.92. The summed E-state index contributed by atoms with van der Waals surface area (Å²) in [7, 11) is 0. The lowest BCUT2D eigenvalue weighted by atomic mass is 10.1. The Morgan fingerprint density at radius 1 is 1.50 bits per heavy atom. The van der Waals surface area contributed by atoms with Gasteiger partial charge in [-0.25, -0.2) is 0 Å². The van der Waals surface area contributed by atoms with Gasteiger partial charge in [-0.2, -0.15) is 0 Å². The number of nitrogens with zero attached hydrogens (tertiary/aromatic N) is 2. The standard InChI is InChI=1S/C14H18BrN3O2/c1-4-5-18-8-10(15)6-12(18)14(19)16-13-7-11(9(2)3)17-20-13/h6-9H,4-5H2,1-3H3,(H,16,19). The first-order valence-corrected chi connectivity index (χ1v) is 7.44. The van der Waals surface area contributed by atoms with Gasteiger partial charge < -0.3 is 9.09 Å². The fraction of sp³-hybridized carbons (Fsp3) is 0.429. The summed E-state index contributed by atoms with van der Waals surface area (Å²) in [6, 6.07) is 3.55. The van der Waals surface area contributed by atoms with Crippen molar-refractivity contribution in [2.75, 3.05) is 5.32 Å². The minimum atomic E-state index is -0.199. The quantitative estimate of drug-likeness (QED) is 0.894. The minimum Gasteiger partial charge on any atom is -0.342 e. The van der Waals surface area contributed by atoms with Crippen molar-refractivity contribution in [3.63, 3.8) is 0 Å². The summed E-state index contributed by atoms with van der Waals surface area (Å²) in [4.78, 5) is 12.3. The second kappa shape index (κ2) is 6.26. The van der Waals surface area contributed by atoms with Crippen LogP contribution in [0.5, 0.6) is 0 Å². The SMILES string of the molecule is CCCn1cc(Br)cc1C(=O)Nc1cc(C(C)C)no1. The number of anilines is 1. The summed E-state index contributed by atoms with van der Waals surface area (Å²) in [6.45, 7) is 6.91. The number of hydrogen-bond acceptors (Lipinski definition) is 3. The highest BCUT2D eigenvalue weighted by atomic mass is 79.9. The van der Waals surface area contributed by atoms with Crippen molar-refractivity contribution in [3.8, 4) is 0 Å². The molecule has 2 aromatic heterocycles. The maximum absolute atomic E-state index is 12.3. The van der Waals surface area contributed by atoms with Gasteiger partial charge in [-0.15, -0.1) is 0 Å². The molecule has 5 nitrogen and oxygen atoms in total. The van der Waals surface area contributed by atoms with Gasteiger partial charge in [0.1, 0.15) is 5.69 Å². The zero-order valence-electron chi connectivity index (χ0n) is 11.8. The van der Waals surface area contributed by atoms with E-state index < -0.39 is 0 Å². The Balaban J connectivity index is 2.14. The number of aromatic nitrogens is 2. The number of rotatable bonds is 5. The largest absolute Gasteiger partial charge is 0.342 e. The number of nitrogens with one attached hydrogen (secondary N) is 1. The molecule has 2 heterocycles. The lowest BCUT2D eigenvalue weighted by molar-refractivity contribution is 0.101. The third-order valence-corrected chi connectivity index (χ3v) is 3.35. The maximum atomic E-state index is 12.3. The highest BCUT2D eigenvalue weighted by molar-refractivity contribution is 9.10. The fourth-order valence-electron chi connectivity index (χ4n) is 1.89. The molecule has 20 heavy (non-hydrogen) atoms. The van der Waals surface area contributed by atoms with Gasteiger partial charge in [-0.3, -0.25) is 10.1 Å². The van der Waals surface area contributed by atoms with E-state index in [1.165, 1.54) is 0 Å². The molecule has 108 valence electrons. The first kappa shape index (κ1) is 14.8. The predicted molar refractivity (Wildman–Crippen MR) is 81.0 cm³/mol. The number of halogens is 1. The molecule has 0 aliphatic carbocycles. The summed E-state index contributed by atoms with van der Waals surface area (Å²) >= 11 is 3.39. The topological polar surface area (TPSA) is 60.1 Å². The number of carbonyl (C=O) groups excluding carboxylic acids is 1. The molecule has 1 N–H and O–H groups in total. The van der Waals surface area contributed by atoms with Gasteiger partial charge in [-0.05, 0) is 34.3 Å². The van der Waals surface area contributed by atoms with Crippen LogP contribution in [0.15, 0.2) is 27.3 Å². The molecule has 0 aliphatic heterocycles. The van der Waals surface area contributed by atoms with E-state index in [9.17, 15) is 4.79 Å². The van der Waals surface area contributed by atoms with Crippen LogP contribution in [-0.2, 0) is 6.54 Å². The Hall–Kier alpha value is -1.56. The van der Waals surface area contributed by atoms with Gasteiger partial charge in [0, 0.05) is 23.3 Å². The Morgan fingerprint density at radius 2 is 2.25 bits per heavy atom. The van der Waals surface area contributed by atoms with E-state index in [0.29, 0.717) is 11.6 Å². The van der Waals surface area contributed by atoms with E-state index in [0.717, 1.165) is 23.1 Å². The zero-order valence-corrected chi connectivity index (χ0v) is 13.4. The van der Waals surface area contributed by atoms with Crippen LogP contribution >= 0.6 is 15.9 Å². The summed E-state index contributed by atoms with van der Waals surface area (Å²) in [6.07, 6.45) is 2.86. The molecular formula is C14H18BrN3O2. The van der Waals surface area contributed by atoms with Crippen LogP contribution in [0.4, 0.5) is 5.88 Å². The van der Waals surface area contributed by atoms with Crippen LogP contribution in [0.2, 0.25) is 0 Å². The molecular weight excluding hydrogens is 322 g/mol. The van der Waals surface area contributed by atoms with Crippen LogP contribution in [0.1, 0.15) is 49.3 Å². The van der Waals surface area contributed by atoms with E-state index in [1.807, 2.05) is 24.6 Å². The van der Waals surface area contributed by atoms with E-state index in [-0.39, 0.29) is 11.8 Å². The van der Waals surface area contributed by atoms with Crippen LogP contribution in [0.25, 0.3) is 0 Å². The van der Waals surface area contributed by atoms with Crippen molar-refractivity contribution in [2.45, 2.75) is 39.7 Å². The highest BCUT2D eigenvalue weighted by Crippen LogP contribution is 2.20. The lowest BCUT2D eigenvalue weighted by Crippen LogP contribution is -2.16. The summed E-state index contributed by atoms with van der Waals surface area (Å²) < 4.78 is 7.92. The van der Waals surface area contributed by atoms with Gasteiger partial charge in [0.15, 0.2) is 0 Å². The maximum Gasteiger partial charge on any atom is 0.274 e. The molecule has 0 aromatic carbocycles. The summed E-state index contributed by atoms with van der Waals surface area (Å²) in [5.41, 5.74) is 1.42. The first-order valence-electron chi connectivity index (χ1n) is 6.65. The van der Waals surface area contributed by atoms with Crippen LogP contribution < -0.4 is 5.32 Å². The van der Waals surface area contributed by atoms with Crippen molar-refractivity contribution in [1.82, 2.24) is 9.72 Å². The van der Waals surface area contributed by atoms with Gasteiger partial charge >= 0.3 is 0 Å². The van der Waals surface area contributed by atoms with Crippen molar-refractivity contribution in [2.24, 2.45) is 0 Å². The number of carbonyl (C=O) groups is 1. The monoisotopic (exact) mass is 339 g/mol. The molecule has 0 aliphatic rings. The zero-order chi connectivity index (χ0) is 14.7. The predicted octanol–water partition coefficient (Wildman–Crippen LogP) is 4.02. The third kappa shape index (κ3) is 3.30. The van der Waals surface area contributed by atoms with Crippen LogP contribution in [0.3, 0.4) is 0 Å². The molecule has 1 amide bonds. The molecule has 0 radical (unpaired) electrons. The molecule has 0 unspecified atom stereocenters. The van der Waals surface area contributed by atoms with Crippen molar-refractivity contribution in [1.29, 1.82) is 0 Å². The molecule has 0 fully saturated rings. The van der Waals surface area contributed by atoms with Crippen molar-refractivity contribution >= 4 is 27.7 Å². The normalized spacial score (nSPS) is 11.1. The Labute approximate surface area is 126 Å². The summed E-state index contributed by atoms with van der Waals surface area (Å²) in [5, 5.41) is 6.66. The molecule has 6 heteroatoms. The first-order chi connectivity index (χ1) is 9.51. The van der Waals surface area contributed by atoms with Crippen molar-refractivity contribution < 1.29 is 9.32 Å². The van der Waals surface area contributed by atoms with E-state index in [4.69, 9.17) is 4.52 Å². The number of amides is 1. The molecule has 0 spiro atoms. The Morgan fingerprint density at radius 3 is 2.85 bits per heavy atom. The molecule has 2 rings (SSSR count). The second-order valence-corrected chi connectivity index (χ2v) is 5.88. The molecule has 0 bridgehead atoms. The minimum absolute atomic E-state index is 0.199. The van der Waals surface area contributed by atoms with Crippen LogP contribution in [-0.4, -0.2) is 15.6 Å². The number of hydrogen-bond donors (Lipinski definition) is 1. The van der Waals surface area contributed by atoms with E-state index in [1.54, 1.807) is 12.1 Å². The average Bonchev–Trinajstić information content (AvgIpc) is 2.97. The fourth-order valence-corrected chi connectivity index (χ4v) is 2.35. The second-order valence-electron chi connectivity index (χ2n) is 4.96. The van der Waals surface area contributed by atoms with Crippen molar-refractivity contribution in [3.05, 3.63) is 34.2 Å². The van der Waals surface area contributed by atoms with Gasteiger partial charge in [0.2, 0.25) is 5.88 Å². The van der Waals surface area contributed by atoms with Crippen LogP contribution in [0, 0.1) is 0 Å². The van der Waals surface area contributed by atoms with E-state index >= 15 is 0 Å². The van der Waals surface area contributed by atoms with Gasteiger partial charge in [0.25, 0.3) is 5.91 Å². The highest BCUT2D eigenvalue weighted by Gasteiger charge is 2.15. The molecule has 2 aromatic rings. The van der Waals surface area contributed by atoms with Gasteiger partial charge in [0.05, 0.1) is 5.69 Å². The molecule has 0 atom stereocenters. The van der Waals surface area contributed by atoms with Gasteiger partial charge in [-0.1, -0.05) is 25.9 Å². The Bertz CT molecular complexity index is 601. The Kier molecular flexibility index (Phi) is 4.65. The lowest BCUT2D eigenvalue weighted by Gasteiger charge is -2.06. The average molecular weight is 340 g/mol. The molecule has 0 saturated carbocycles.